The molecule has 0 aliphatic heterocycles. The molecule has 0 atom stereocenters. The van der Waals surface area contributed by atoms with Crippen LogP contribution in [-0.2, 0) is 0 Å². The van der Waals surface area contributed by atoms with Crippen molar-refractivity contribution < 1.29 is 0 Å². The molecule has 6 heteroatoms. The van der Waals surface area contributed by atoms with Crippen molar-refractivity contribution in [2.75, 3.05) is 4.90 Å². The molecule has 4 nitrogen and oxygen atoms in total. The summed E-state index contributed by atoms with van der Waals surface area (Å²) >= 11 is 3.76. The third-order valence-corrected chi connectivity index (χ3v) is 24.3. The van der Waals surface area contributed by atoms with Crippen molar-refractivity contribution in [3.8, 4) is 39.3 Å². The molecule has 0 fully saturated rings. The number of nitrogens with zero attached hydrogens (tertiary/aromatic N) is 4. The van der Waals surface area contributed by atoms with E-state index in [0.717, 1.165) is 17.1 Å². The molecule has 23 rings (SSSR count). The van der Waals surface area contributed by atoms with Crippen molar-refractivity contribution in [3.63, 3.8) is 0 Å². The zero-order valence-corrected chi connectivity index (χ0v) is 59.0. The minimum atomic E-state index is 1.12. The lowest BCUT2D eigenvalue weighted by atomic mass is 9.97. The molecule has 494 valence electrons. The first kappa shape index (κ1) is 60.2. The first-order valence-electron chi connectivity index (χ1n) is 36.3. The Morgan fingerprint density at radius 2 is 0.528 bits per heavy atom. The van der Waals surface area contributed by atoms with Gasteiger partial charge in [-0.1, -0.05) is 231 Å². The van der Waals surface area contributed by atoms with Crippen molar-refractivity contribution in [2.24, 2.45) is 0 Å². The number of fused-ring (bicyclic) bond motifs is 23. The second-order valence-corrected chi connectivity index (χ2v) is 30.0. The van der Waals surface area contributed by atoms with Crippen LogP contribution in [0.2, 0.25) is 0 Å². The van der Waals surface area contributed by atoms with Crippen LogP contribution in [0.15, 0.2) is 376 Å². The largest absolute Gasteiger partial charge is 0.310 e. The van der Waals surface area contributed by atoms with Gasteiger partial charge in [0.15, 0.2) is 0 Å². The van der Waals surface area contributed by atoms with Crippen LogP contribution in [0.3, 0.4) is 0 Å². The molecule has 23 aromatic rings. The molecular formula is C100H62N4S2. The molecule has 0 spiro atoms. The van der Waals surface area contributed by atoms with Gasteiger partial charge >= 0.3 is 0 Å². The van der Waals surface area contributed by atoms with Gasteiger partial charge in [0.05, 0.1) is 33.1 Å². The third-order valence-electron chi connectivity index (χ3n) is 22.0. The maximum Gasteiger partial charge on any atom is 0.0541 e. The average Bonchev–Trinajstić information content (AvgIpc) is 1.71. The minimum absolute atomic E-state index is 1.12. The van der Waals surface area contributed by atoms with Gasteiger partial charge < -0.3 is 18.6 Å². The number of hydrogen-bond acceptors (Lipinski definition) is 3. The van der Waals surface area contributed by atoms with E-state index in [2.05, 4.69) is 395 Å². The Morgan fingerprint density at radius 3 is 1.05 bits per heavy atom. The summed E-state index contributed by atoms with van der Waals surface area (Å²) < 4.78 is 12.5. The Morgan fingerprint density at radius 1 is 0.179 bits per heavy atom. The number of benzene rings is 18. The van der Waals surface area contributed by atoms with E-state index in [1.54, 1.807) is 0 Å². The summed E-state index contributed by atoms with van der Waals surface area (Å²) in [6.45, 7) is 0. The highest BCUT2D eigenvalue weighted by molar-refractivity contribution is 7.26. The molecule has 5 heterocycles. The Kier molecular flexibility index (Phi) is 13.7. The molecule has 0 N–H and O–H groups in total. The summed E-state index contributed by atoms with van der Waals surface area (Å²) in [4.78, 5) is 2.37. The number of hydrogen-bond donors (Lipinski definition) is 0. The lowest BCUT2D eigenvalue weighted by Gasteiger charge is -2.26. The molecular weight excluding hydrogens is 1320 g/mol. The van der Waals surface area contributed by atoms with Crippen molar-refractivity contribution in [1.29, 1.82) is 0 Å². The molecule has 0 saturated heterocycles. The van der Waals surface area contributed by atoms with E-state index in [1.165, 1.54) is 188 Å². The summed E-state index contributed by atoms with van der Waals surface area (Å²) in [5, 5.41) is 23.3. The van der Waals surface area contributed by atoms with Gasteiger partial charge in [-0.2, -0.15) is 0 Å². The van der Waals surface area contributed by atoms with Crippen molar-refractivity contribution >= 4 is 189 Å². The maximum atomic E-state index is 2.43. The fourth-order valence-corrected chi connectivity index (χ4v) is 19.5. The average molecular weight is 1380 g/mol. The monoisotopic (exact) mass is 1380 g/mol. The van der Waals surface area contributed by atoms with E-state index < -0.39 is 0 Å². The molecule has 5 aromatic heterocycles. The zero-order valence-electron chi connectivity index (χ0n) is 57.4. The van der Waals surface area contributed by atoms with Crippen molar-refractivity contribution in [3.05, 3.63) is 376 Å². The van der Waals surface area contributed by atoms with Gasteiger partial charge in [0, 0.05) is 107 Å². The second-order valence-electron chi connectivity index (χ2n) is 27.9. The molecule has 0 unspecified atom stereocenters. The first-order valence-corrected chi connectivity index (χ1v) is 37.9. The molecule has 18 aromatic carbocycles. The van der Waals surface area contributed by atoms with Crippen LogP contribution in [0.1, 0.15) is 0 Å². The highest BCUT2D eigenvalue weighted by atomic mass is 32.1. The van der Waals surface area contributed by atoms with Crippen LogP contribution in [-0.4, -0.2) is 13.7 Å². The summed E-state index contributed by atoms with van der Waals surface area (Å²) in [7, 11) is 0. The van der Waals surface area contributed by atoms with Crippen LogP contribution in [0, 0.1) is 0 Å². The van der Waals surface area contributed by atoms with Crippen LogP contribution in [0.5, 0.6) is 0 Å². The Bertz CT molecular complexity index is 7450. The number of thiophene rings is 2. The number of para-hydroxylation sites is 6. The maximum absolute atomic E-state index is 2.43. The molecule has 0 radical (unpaired) electrons. The van der Waals surface area contributed by atoms with Gasteiger partial charge in [-0.15, -0.1) is 22.7 Å². The lowest BCUT2D eigenvalue weighted by Crippen LogP contribution is -2.09. The third kappa shape index (κ3) is 9.52. The predicted molar refractivity (Wildman–Crippen MR) is 457 cm³/mol. The van der Waals surface area contributed by atoms with Gasteiger partial charge in [-0.25, -0.2) is 0 Å². The molecule has 0 saturated carbocycles. The molecule has 106 heavy (non-hydrogen) atoms. The van der Waals surface area contributed by atoms with Gasteiger partial charge in [-0.3, -0.25) is 0 Å². The number of rotatable bonds is 8. The Labute approximate surface area is 618 Å². The quantitative estimate of drug-likeness (QED) is 0.139. The topological polar surface area (TPSA) is 18.0 Å². The van der Waals surface area contributed by atoms with E-state index in [0.29, 0.717) is 0 Å². The van der Waals surface area contributed by atoms with Crippen LogP contribution < -0.4 is 4.90 Å². The lowest BCUT2D eigenvalue weighted by molar-refractivity contribution is 1.18. The molecule has 0 bridgehead atoms. The molecule has 0 aliphatic carbocycles. The van der Waals surface area contributed by atoms with E-state index in [9.17, 15) is 0 Å². The standard InChI is InChI=1S/C50H30N2S.C50H32N2S/c1-5-13-43-38(9-1)39-10-2-6-14-44(39)51(43)35-23-19-31(20-24-35)33-21-27-46-42(30-33)40-11-3-7-15-45(40)52(46)36-25-26-37-34(29-36)18-17-32-22-28-48-50(49(32)37)41-12-4-8-16-47(41)53-48;1-3-11-37(12-4-1)51(40-27-28-41-36(31-40)20-19-34-24-30-48-50(49(34)41)43-16-8-10-18-47(43)53-48)39-25-21-33(22-26-39)35-23-29-46-44(32-35)42-15-7-9-17-45(42)52(46)38-13-5-2-6-14-38/h1-30H;1-32H. The summed E-state index contributed by atoms with van der Waals surface area (Å²) in [6.07, 6.45) is 0. The van der Waals surface area contributed by atoms with Crippen LogP contribution in [0.25, 0.3) is 188 Å². The normalized spacial score (nSPS) is 12.0. The van der Waals surface area contributed by atoms with E-state index >= 15 is 0 Å². The second kappa shape index (κ2) is 24.1. The fourth-order valence-electron chi connectivity index (χ4n) is 17.3. The first-order chi connectivity index (χ1) is 52.6. The van der Waals surface area contributed by atoms with Gasteiger partial charge in [-0.05, 0) is 211 Å². The summed E-state index contributed by atoms with van der Waals surface area (Å²) in [5.74, 6) is 0. The highest BCUT2D eigenvalue weighted by Gasteiger charge is 2.21. The molecule has 0 aliphatic rings. The zero-order chi connectivity index (χ0) is 69.5. The van der Waals surface area contributed by atoms with Gasteiger partial charge in [0.1, 0.15) is 0 Å². The fraction of sp³-hybridized carbons (Fsp3) is 0. The summed E-state index contributed by atoms with van der Waals surface area (Å²) in [6, 6.07) is 138. The molecule has 0 amide bonds. The predicted octanol–water partition coefficient (Wildman–Crippen LogP) is 28.8. The number of anilines is 3. The number of aromatic nitrogens is 3. The van der Waals surface area contributed by atoms with Gasteiger partial charge in [0.2, 0.25) is 0 Å². The smallest absolute Gasteiger partial charge is 0.0541 e. The Balaban J connectivity index is 0.000000132. The van der Waals surface area contributed by atoms with E-state index in [4.69, 9.17) is 0 Å². The summed E-state index contributed by atoms with van der Waals surface area (Å²) in [5.41, 5.74) is 19.0. The van der Waals surface area contributed by atoms with E-state index in [-0.39, 0.29) is 0 Å². The van der Waals surface area contributed by atoms with E-state index in [1.807, 2.05) is 22.7 Å². The van der Waals surface area contributed by atoms with Crippen molar-refractivity contribution in [2.45, 2.75) is 0 Å². The SMILES string of the molecule is c1ccc(N(c2ccc(-c3ccc4c(c3)c3ccccc3n4-c3ccccc3)cc2)c2ccc3c(ccc4ccc5sc6ccccc6c5c43)c2)cc1.c1ccc2c(c1)sc1ccc3ccc4cc(-n5c6ccccc6c6cc(-c7ccc(-n8c9ccccc9c9ccccc98)cc7)ccc65)ccc4c3c12. The van der Waals surface area contributed by atoms with Crippen LogP contribution >= 0.6 is 22.7 Å². The van der Waals surface area contributed by atoms with Gasteiger partial charge in [0.25, 0.3) is 0 Å². The van der Waals surface area contributed by atoms with Crippen LogP contribution in [0.4, 0.5) is 17.1 Å². The highest BCUT2D eigenvalue weighted by Crippen LogP contribution is 2.47. The minimum Gasteiger partial charge on any atom is -0.310 e. The Hall–Kier alpha value is -13.4. The van der Waals surface area contributed by atoms with Crippen molar-refractivity contribution in [1.82, 2.24) is 13.7 Å².